The van der Waals surface area contributed by atoms with Gasteiger partial charge in [0.25, 0.3) is 0 Å². The third-order valence-corrected chi connectivity index (χ3v) is 3.78. The summed E-state index contributed by atoms with van der Waals surface area (Å²) in [6, 6.07) is 3.48. The lowest BCUT2D eigenvalue weighted by Gasteiger charge is -2.10. The summed E-state index contributed by atoms with van der Waals surface area (Å²) in [7, 11) is 0. The molecular formula is C13H18BrCl2NO. The molecule has 0 saturated heterocycles. The highest BCUT2D eigenvalue weighted by Gasteiger charge is 2.06. The van der Waals surface area contributed by atoms with E-state index in [4.69, 9.17) is 27.9 Å². The topological polar surface area (TPSA) is 21.3 Å². The Morgan fingerprint density at radius 1 is 1.28 bits per heavy atom. The number of rotatable bonds is 7. The van der Waals surface area contributed by atoms with Crippen molar-refractivity contribution in [2.45, 2.75) is 20.3 Å². The molecule has 1 aromatic carbocycles. The van der Waals surface area contributed by atoms with E-state index in [9.17, 15) is 0 Å². The van der Waals surface area contributed by atoms with Crippen molar-refractivity contribution in [1.82, 2.24) is 5.32 Å². The van der Waals surface area contributed by atoms with Crippen LogP contribution in [0.3, 0.4) is 0 Å². The van der Waals surface area contributed by atoms with Crippen molar-refractivity contribution in [2.24, 2.45) is 5.92 Å². The Morgan fingerprint density at radius 2 is 2.00 bits per heavy atom. The summed E-state index contributed by atoms with van der Waals surface area (Å²) in [5.74, 6) is 1.30. The molecule has 0 unspecified atom stereocenters. The molecule has 0 saturated carbocycles. The quantitative estimate of drug-likeness (QED) is 0.562. The lowest BCUT2D eigenvalue weighted by Crippen LogP contribution is -2.22. The molecule has 0 radical (unpaired) electrons. The Kier molecular flexibility index (Phi) is 7.38. The van der Waals surface area contributed by atoms with Gasteiger partial charge in [-0.1, -0.05) is 37.0 Å². The first kappa shape index (κ1) is 16.1. The van der Waals surface area contributed by atoms with Gasteiger partial charge in [-0.15, -0.1) is 0 Å². The number of hydrogen-bond donors (Lipinski definition) is 1. The molecule has 5 heteroatoms. The van der Waals surface area contributed by atoms with Gasteiger partial charge in [0.15, 0.2) is 0 Å². The smallest absolute Gasteiger partial charge is 0.139 e. The molecule has 0 amide bonds. The van der Waals surface area contributed by atoms with Crippen molar-refractivity contribution >= 4 is 39.1 Å². The van der Waals surface area contributed by atoms with Gasteiger partial charge in [-0.3, -0.25) is 0 Å². The summed E-state index contributed by atoms with van der Waals surface area (Å²) in [6.45, 7) is 6.98. The van der Waals surface area contributed by atoms with Gasteiger partial charge in [-0.25, -0.2) is 0 Å². The average Bonchev–Trinajstić information content (AvgIpc) is 2.29. The maximum atomic E-state index is 6.05. The van der Waals surface area contributed by atoms with E-state index in [1.165, 1.54) is 0 Å². The first-order valence-corrected chi connectivity index (χ1v) is 7.53. The summed E-state index contributed by atoms with van der Waals surface area (Å²) in [4.78, 5) is 0. The summed E-state index contributed by atoms with van der Waals surface area (Å²) in [6.07, 6.45) is 0.941. The van der Waals surface area contributed by atoms with Crippen molar-refractivity contribution in [3.63, 3.8) is 0 Å². The van der Waals surface area contributed by atoms with Crippen LogP contribution in [-0.4, -0.2) is 19.7 Å². The number of nitrogens with one attached hydrogen (secondary N) is 1. The van der Waals surface area contributed by atoms with Gasteiger partial charge in [0.2, 0.25) is 0 Å². The molecule has 1 rings (SSSR count). The molecule has 0 spiro atoms. The van der Waals surface area contributed by atoms with Crippen molar-refractivity contribution in [1.29, 1.82) is 0 Å². The fraction of sp³-hybridized carbons (Fsp3) is 0.538. The molecular weight excluding hydrogens is 337 g/mol. The largest absolute Gasteiger partial charge is 0.492 e. The first-order valence-electron chi connectivity index (χ1n) is 5.98. The van der Waals surface area contributed by atoms with E-state index >= 15 is 0 Å². The zero-order chi connectivity index (χ0) is 13.5. The summed E-state index contributed by atoms with van der Waals surface area (Å²) >= 11 is 15.4. The minimum absolute atomic E-state index is 0.571. The number of ether oxygens (including phenoxy) is 1. The van der Waals surface area contributed by atoms with E-state index in [-0.39, 0.29) is 0 Å². The maximum Gasteiger partial charge on any atom is 0.139 e. The Balaban J connectivity index is 2.29. The normalized spacial score (nSPS) is 11.0. The molecule has 0 aromatic heterocycles. The average molecular weight is 355 g/mol. The molecule has 18 heavy (non-hydrogen) atoms. The molecule has 1 N–H and O–H groups in total. The molecule has 0 heterocycles. The second-order valence-corrected chi connectivity index (χ2v) is 6.17. The third-order valence-electron chi connectivity index (χ3n) is 2.28. The summed E-state index contributed by atoms with van der Waals surface area (Å²) in [5.41, 5.74) is 0. The SMILES string of the molecule is CC(C)CNCCCOc1cc(Cl)c(Br)cc1Cl. The van der Waals surface area contributed by atoms with Crippen LogP contribution in [0.15, 0.2) is 16.6 Å². The fourth-order valence-electron chi connectivity index (χ4n) is 1.38. The van der Waals surface area contributed by atoms with E-state index in [1.54, 1.807) is 12.1 Å². The molecule has 102 valence electrons. The standard InChI is InChI=1S/C13H18BrCl2NO/c1-9(2)8-17-4-3-5-18-13-7-11(15)10(14)6-12(13)16/h6-7,9,17H,3-5,8H2,1-2H3. The van der Waals surface area contributed by atoms with Gasteiger partial charge >= 0.3 is 0 Å². The summed E-state index contributed by atoms with van der Waals surface area (Å²) < 4.78 is 6.38. The first-order chi connectivity index (χ1) is 8.50. The fourth-order valence-corrected chi connectivity index (χ4v) is 2.23. The minimum atomic E-state index is 0.571. The van der Waals surface area contributed by atoms with E-state index in [0.717, 1.165) is 24.0 Å². The number of benzene rings is 1. The lowest BCUT2D eigenvalue weighted by atomic mass is 10.2. The van der Waals surface area contributed by atoms with Crippen molar-refractivity contribution < 1.29 is 4.74 Å². The van der Waals surface area contributed by atoms with Crippen LogP contribution in [0.25, 0.3) is 0 Å². The third kappa shape index (κ3) is 5.79. The van der Waals surface area contributed by atoms with Gasteiger partial charge < -0.3 is 10.1 Å². The van der Waals surface area contributed by atoms with Gasteiger partial charge in [-0.05, 0) is 47.4 Å². The maximum absolute atomic E-state index is 6.05. The zero-order valence-corrected chi connectivity index (χ0v) is 13.7. The molecule has 1 aromatic rings. The number of hydrogen-bond acceptors (Lipinski definition) is 2. The molecule has 0 bridgehead atoms. The Hall–Kier alpha value is 0.0400. The van der Waals surface area contributed by atoms with Crippen LogP contribution in [-0.2, 0) is 0 Å². The van der Waals surface area contributed by atoms with E-state index < -0.39 is 0 Å². The number of halogens is 3. The van der Waals surface area contributed by atoms with Crippen LogP contribution in [0.2, 0.25) is 10.0 Å². The highest BCUT2D eigenvalue weighted by atomic mass is 79.9. The van der Waals surface area contributed by atoms with Crippen LogP contribution in [0.5, 0.6) is 5.75 Å². The van der Waals surface area contributed by atoms with Crippen LogP contribution in [0.4, 0.5) is 0 Å². The second kappa shape index (κ2) is 8.26. The Labute approximate surface area is 127 Å². The molecule has 0 aliphatic carbocycles. The molecule has 0 atom stereocenters. The van der Waals surface area contributed by atoms with E-state index in [2.05, 4.69) is 35.1 Å². The van der Waals surface area contributed by atoms with Gasteiger partial charge in [-0.2, -0.15) is 0 Å². The monoisotopic (exact) mass is 353 g/mol. The zero-order valence-electron chi connectivity index (χ0n) is 10.6. The van der Waals surface area contributed by atoms with E-state index in [1.807, 2.05) is 0 Å². The molecule has 0 fully saturated rings. The summed E-state index contributed by atoms with van der Waals surface area (Å²) in [5, 5.41) is 4.53. The Bertz CT molecular complexity index is 385. The van der Waals surface area contributed by atoms with Gasteiger partial charge in [0.1, 0.15) is 5.75 Å². The van der Waals surface area contributed by atoms with Crippen molar-refractivity contribution in [3.8, 4) is 5.75 Å². The molecule has 2 nitrogen and oxygen atoms in total. The van der Waals surface area contributed by atoms with Crippen molar-refractivity contribution in [3.05, 3.63) is 26.7 Å². The predicted octanol–water partition coefficient (Wildman–Crippen LogP) is 4.77. The van der Waals surface area contributed by atoms with Crippen LogP contribution in [0, 0.1) is 5.92 Å². The van der Waals surface area contributed by atoms with Crippen LogP contribution in [0.1, 0.15) is 20.3 Å². The minimum Gasteiger partial charge on any atom is -0.492 e. The highest BCUT2D eigenvalue weighted by molar-refractivity contribution is 9.10. The highest BCUT2D eigenvalue weighted by Crippen LogP contribution is 2.34. The predicted molar refractivity (Wildman–Crippen MR) is 82.0 cm³/mol. The van der Waals surface area contributed by atoms with Crippen LogP contribution < -0.4 is 10.1 Å². The molecule has 0 aliphatic heterocycles. The van der Waals surface area contributed by atoms with Crippen LogP contribution >= 0.6 is 39.1 Å². The second-order valence-electron chi connectivity index (χ2n) is 4.50. The Morgan fingerprint density at radius 3 is 2.67 bits per heavy atom. The van der Waals surface area contributed by atoms with E-state index in [0.29, 0.717) is 28.3 Å². The van der Waals surface area contributed by atoms with Gasteiger partial charge in [0, 0.05) is 10.5 Å². The molecule has 0 aliphatic rings. The van der Waals surface area contributed by atoms with Crippen molar-refractivity contribution in [2.75, 3.05) is 19.7 Å². The lowest BCUT2D eigenvalue weighted by molar-refractivity contribution is 0.307. The van der Waals surface area contributed by atoms with Gasteiger partial charge in [0.05, 0.1) is 16.7 Å².